The predicted octanol–water partition coefficient (Wildman–Crippen LogP) is 2.44. The second kappa shape index (κ2) is 8.09. The Morgan fingerprint density at radius 3 is 3.04 bits per heavy atom. The zero-order chi connectivity index (χ0) is 17.6. The molecule has 1 aliphatic carbocycles. The number of hydrogen-bond donors (Lipinski definition) is 3. The molecule has 1 aromatic carbocycles. The summed E-state index contributed by atoms with van der Waals surface area (Å²) in [5.74, 6) is 0.477. The molecule has 2 amide bonds. The van der Waals surface area contributed by atoms with E-state index in [1.54, 1.807) is 13.3 Å². The van der Waals surface area contributed by atoms with Crippen molar-refractivity contribution in [3.63, 3.8) is 0 Å². The van der Waals surface area contributed by atoms with Crippen LogP contribution < -0.4 is 10.6 Å². The van der Waals surface area contributed by atoms with Crippen molar-refractivity contribution in [1.29, 1.82) is 0 Å². The van der Waals surface area contributed by atoms with Gasteiger partial charge in [-0.2, -0.15) is 0 Å². The van der Waals surface area contributed by atoms with E-state index in [1.165, 1.54) is 0 Å². The number of benzene rings is 1. The van der Waals surface area contributed by atoms with Crippen molar-refractivity contribution in [2.24, 2.45) is 0 Å². The first kappa shape index (κ1) is 17.4. The molecular weight excluding hydrogens is 318 g/mol. The summed E-state index contributed by atoms with van der Waals surface area (Å²) >= 11 is 0. The third-order valence-electron chi connectivity index (χ3n) is 4.43. The van der Waals surface area contributed by atoms with E-state index in [-0.39, 0.29) is 6.03 Å². The molecule has 25 heavy (non-hydrogen) atoms. The lowest BCUT2D eigenvalue weighted by atomic mass is 9.86. The van der Waals surface area contributed by atoms with Crippen LogP contribution in [-0.4, -0.2) is 35.9 Å². The number of methoxy groups -OCH3 is 1. The number of aryl methyl sites for hydroxylation is 1. The number of aromatic nitrogens is 1. The Bertz CT molecular complexity index is 735. The number of amides is 2. The topological polar surface area (TPSA) is 83.5 Å². The Labute approximate surface area is 147 Å². The lowest BCUT2D eigenvalue weighted by molar-refractivity contribution is 0.114. The van der Waals surface area contributed by atoms with E-state index >= 15 is 0 Å². The van der Waals surface area contributed by atoms with Gasteiger partial charge in [0.15, 0.2) is 0 Å². The molecule has 0 bridgehead atoms. The van der Waals surface area contributed by atoms with Crippen LogP contribution >= 0.6 is 0 Å². The molecule has 6 heteroatoms. The monoisotopic (exact) mass is 341 g/mol. The highest BCUT2D eigenvalue weighted by Crippen LogP contribution is 2.29. The summed E-state index contributed by atoms with van der Waals surface area (Å²) in [7, 11) is 1.65. The number of carbonyl (C=O) groups excluding carboxylic acids is 1. The van der Waals surface area contributed by atoms with Crippen LogP contribution in [0.1, 0.15) is 29.2 Å². The molecule has 0 spiro atoms. The van der Waals surface area contributed by atoms with Gasteiger partial charge in [0.1, 0.15) is 5.82 Å². The molecule has 1 aliphatic rings. The second-order valence-electron chi connectivity index (χ2n) is 6.17. The zero-order valence-electron chi connectivity index (χ0n) is 14.2. The van der Waals surface area contributed by atoms with Gasteiger partial charge >= 0.3 is 6.03 Å². The maximum Gasteiger partial charge on any atom is 0.320 e. The molecule has 1 aromatic heterocycles. The van der Waals surface area contributed by atoms with Crippen LogP contribution in [0.15, 0.2) is 42.6 Å². The van der Waals surface area contributed by atoms with Gasteiger partial charge in [-0.25, -0.2) is 9.78 Å². The van der Waals surface area contributed by atoms with Gasteiger partial charge in [-0.05, 0) is 48.1 Å². The standard InChI is InChI=1S/C19H23N3O3/c1-25-11-9-13-8-10-20-17(12-13)21-19(24)22-18-15-5-3-2-4-14(15)6-7-16(18)23/h2-5,8,10,12,16,18,23H,6-7,9,11H2,1H3,(H2,20,21,22,24)/t16-,18+/m1/s1. The van der Waals surface area contributed by atoms with Crippen LogP contribution in [0.4, 0.5) is 10.6 Å². The highest BCUT2D eigenvalue weighted by Gasteiger charge is 2.29. The average molecular weight is 341 g/mol. The van der Waals surface area contributed by atoms with Crippen LogP contribution in [0.25, 0.3) is 0 Å². The Kier molecular flexibility index (Phi) is 5.63. The number of hydrogen-bond acceptors (Lipinski definition) is 4. The quantitative estimate of drug-likeness (QED) is 0.780. The lowest BCUT2D eigenvalue weighted by Gasteiger charge is -2.30. The predicted molar refractivity (Wildman–Crippen MR) is 95.5 cm³/mol. The number of ether oxygens (including phenoxy) is 1. The van der Waals surface area contributed by atoms with E-state index in [2.05, 4.69) is 15.6 Å². The van der Waals surface area contributed by atoms with E-state index in [0.29, 0.717) is 18.8 Å². The van der Waals surface area contributed by atoms with E-state index in [9.17, 15) is 9.90 Å². The number of nitrogens with zero attached hydrogens (tertiary/aromatic N) is 1. The van der Waals surface area contributed by atoms with Crippen molar-refractivity contribution in [1.82, 2.24) is 10.3 Å². The number of rotatable bonds is 5. The molecule has 132 valence electrons. The molecule has 0 fully saturated rings. The number of pyridine rings is 1. The van der Waals surface area contributed by atoms with E-state index < -0.39 is 12.1 Å². The maximum atomic E-state index is 12.4. The summed E-state index contributed by atoms with van der Waals surface area (Å²) in [5, 5.41) is 15.9. The first-order valence-corrected chi connectivity index (χ1v) is 8.44. The summed E-state index contributed by atoms with van der Waals surface area (Å²) in [6, 6.07) is 10.8. The van der Waals surface area contributed by atoms with Crippen molar-refractivity contribution in [2.75, 3.05) is 19.0 Å². The molecule has 0 aliphatic heterocycles. The molecule has 0 saturated carbocycles. The first-order chi connectivity index (χ1) is 12.2. The number of urea groups is 1. The average Bonchev–Trinajstić information content (AvgIpc) is 2.63. The van der Waals surface area contributed by atoms with Gasteiger partial charge < -0.3 is 15.2 Å². The molecule has 1 heterocycles. The third-order valence-corrected chi connectivity index (χ3v) is 4.43. The Balaban J connectivity index is 1.67. The number of aliphatic hydroxyl groups is 1. The van der Waals surface area contributed by atoms with Gasteiger partial charge in [-0.15, -0.1) is 0 Å². The van der Waals surface area contributed by atoms with Crippen LogP contribution in [0.5, 0.6) is 0 Å². The SMILES string of the molecule is COCCc1ccnc(NC(=O)N[C@H]2c3ccccc3CC[C@H]2O)c1. The van der Waals surface area contributed by atoms with Gasteiger partial charge in [0.25, 0.3) is 0 Å². The van der Waals surface area contributed by atoms with E-state index in [0.717, 1.165) is 29.5 Å². The Morgan fingerprint density at radius 1 is 1.36 bits per heavy atom. The van der Waals surface area contributed by atoms with Gasteiger partial charge in [-0.1, -0.05) is 24.3 Å². The van der Waals surface area contributed by atoms with Crippen molar-refractivity contribution < 1.29 is 14.6 Å². The van der Waals surface area contributed by atoms with Crippen LogP contribution in [0.2, 0.25) is 0 Å². The van der Waals surface area contributed by atoms with Crippen LogP contribution in [0, 0.1) is 0 Å². The number of nitrogens with one attached hydrogen (secondary N) is 2. The largest absolute Gasteiger partial charge is 0.391 e. The summed E-state index contributed by atoms with van der Waals surface area (Å²) in [6.45, 7) is 0.612. The molecule has 2 atom stereocenters. The highest BCUT2D eigenvalue weighted by molar-refractivity contribution is 5.88. The fraction of sp³-hybridized carbons (Fsp3) is 0.368. The minimum Gasteiger partial charge on any atom is -0.391 e. The van der Waals surface area contributed by atoms with Crippen LogP contribution in [0.3, 0.4) is 0 Å². The van der Waals surface area contributed by atoms with E-state index in [4.69, 9.17) is 4.74 Å². The Hall–Kier alpha value is -2.44. The fourth-order valence-electron chi connectivity index (χ4n) is 3.13. The summed E-state index contributed by atoms with van der Waals surface area (Å²) in [4.78, 5) is 16.5. The molecule has 2 aromatic rings. The first-order valence-electron chi connectivity index (χ1n) is 8.44. The minimum absolute atomic E-state index is 0.378. The smallest absolute Gasteiger partial charge is 0.320 e. The molecule has 0 saturated heterocycles. The summed E-state index contributed by atoms with van der Waals surface area (Å²) < 4.78 is 5.06. The van der Waals surface area contributed by atoms with Gasteiger partial charge in [-0.3, -0.25) is 5.32 Å². The normalized spacial score (nSPS) is 19.1. The number of aliphatic hydroxyl groups excluding tert-OH is 1. The molecule has 0 radical (unpaired) electrons. The highest BCUT2D eigenvalue weighted by atomic mass is 16.5. The lowest BCUT2D eigenvalue weighted by Crippen LogP contribution is -2.41. The minimum atomic E-state index is -0.596. The molecule has 0 unspecified atom stereocenters. The van der Waals surface area contributed by atoms with Gasteiger partial charge in [0.2, 0.25) is 0 Å². The number of fused-ring (bicyclic) bond motifs is 1. The van der Waals surface area contributed by atoms with Crippen molar-refractivity contribution in [2.45, 2.75) is 31.4 Å². The number of carbonyl (C=O) groups is 1. The van der Waals surface area contributed by atoms with Crippen molar-refractivity contribution >= 4 is 11.8 Å². The maximum absolute atomic E-state index is 12.4. The fourth-order valence-corrected chi connectivity index (χ4v) is 3.13. The summed E-state index contributed by atoms with van der Waals surface area (Å²) in [6.07, 6.45) is 3.27. The van der Waals surface area contributed by atoms with E-state index in [1.807, 2.05) is 36.4 Å². The van der Waals surface area contributed by atoms with Gasteiger partial charge in [0, 0.05) is 13.3 Å². The van der Waals surface area contributed by atoms with Crippen molar-refractivity contribution in [3.8, 4) is 0 Å². The second-order valence-corrected chi connectivity index (χ2v) is 6.17. The van der Waals surface area contributed by atoms with Crippen molar-refractivity contribution in [3.05, 3.63) is 59.3 Å². The molecule has 6 nitrogen and oxygen atoms in total. The zero-order valence-corrected chi connectivity index (χ0v) is 14.2. The molecule has 3 N–H and O–H groups in total. The van der Waals surface area contributed by atoms with Crippen LogP contribution in [-0.2, 0) is 17.6 Å². The summed E-state index contributed by atoms with van der Waals surface area (Å²) in [5.41, 5.74) is 3.17. The molecule has 3 rings (SSSR count). The molecular formula is C19H23N3O3. The third kappa shape index (κ3) is 4.35. The Morgan fingerprint density at radius 2 is 2.20 bits per heavy atom. The van der Waals surface area contributed by atoms with Gasteiger partial charge in [0.05, 0.1) is 18.8 Å². The number of anilines is 1.